The molecule has 1 aliphatic rings. The second-order valence-electron chi connectivity index (χ2n) is 7.46. The molecule has 0 unspecified atom stereocenters. The average Bonchev–Trinajstić information content (AvgIpc) is 3.42. The lowest BCUT2D eigenvalue weighted by molar-refractivity contribution is -0.137. The Balaban J connectivity index is 1.60. The predicted octanol–water partition coefficient (Wildman–Crippen LogP) is 3.12. The fourth-order valence-electron chi connectivity index (χ4n) is 3.67. The fourth-order valence-corrected chi connectivity index (χ4v) is 3.67. The van der Waals surface area contributed by atoms with Gasteiger partial charge in [0.2, 0.25) is 11.8 Å². The van der Waals surface area contributed by atoms with Gasteiger partial charge in [0.25, 0.3) is 0 Å². The van der Waals surface area contributed by atoms with E-state index < -0.39 is 23.7 Å². The first-order valence-electron chi connectivity index (χ1n) is 9.91. The summed E-state index contributed by atoms with van der Waals surface area (Å²) >= 11 is 0. The summed E-state index contributed by atoms with van der Waals surface area (Å²) in [5.41, 5.74) is -0.638. The van der Waals surface area contributed by atoms with Crippen LogP contribution in [0.1, 0.15) is 61.5 Å². The standard InChI is InChI=1S/C20H24F3N5O2/c21-20(22,23)15-7-3-6-14(10-15)18(19-25-12-26-28-19)27-17(30)11-24-16(29)9-8-13-4-1-2-5-13/h3,6-7,10,12-13,18H,1-2,4-5,8-9,11H2,(H,24,29)(H,27,30)(H,25,26,28)/t18-/m0/s1. The van der Waals surface area contributed by atoms with E-state index in [9.17, 15) is 22.8 Å². The topological polar surface area (TPSA) is 99.8 Å². The number of halogens is 3. The molecule has 1 saturated carbocycles. The molecule has 0 spiro atoms. The van der Waals surface area contributed by atoms with E-state index in [4.69, 9.17) is 0 Å². The number of carbonyl (C=O) groups is 2. The van der Waals surface area contributed by atoms with Crippen LogP contribution in [0.4, 0.5) is 13.2 Å². The Kier molecular flexibility index (Phi) is 7.07. The van der Waals surface area contributed by atoms with E-state index in [2.05, 4.69) is 25.8 Å². The summed E-state index contributed by atoms with van der Waals surface area (Å²) in [5, 5.41) is 11.5. The number of benzene rings is 1. The molecule has 1 heterocycles. The molecule has 0 saturated heterocycles. The van der Waals surface area contributed by atoms with E-state index in [1.165, 1.54) is 31.3 Å². The van der Waals surface area contributed by atoms with Crippen molar-refractivity contribution in [2.75, 3.05) is 6.54 Å². The van der Waals surface area contributed by atoms with Gasteiger partial charge in [-0.1, -0.05) is 37.8 Å². The number of nitrogens with zero attached hydrogens (tertiary/aromatic N) is 2. The van der Waals surface area contributed by atoms with Crippen LogP contribution in [0.25, 0.3) is 0 Å². The number of alkyl halides is 3. The van der Waals surface area contributed by atoms with Gasteiger partial charge >= 0.3 is 6.18 Å². The quantitative estimate of drug-likeness (QED) is 0.607. The predicted molar refractivity (Wildman–Crippen MR) is 102 cm³/mol. The molecule has 7 nitrogen and oxygen atoms in total. The van der Waals surface area contributed by atoms with Crippen molar-refractivity contribution in [1.29, 1.82) is 0 Å². The Bertz CT molecular complexity index is 848. The van der Waals surface area contributed by atoms with Crippen LogP contribution >= 0.6 is 0 Å². The third-order valence-corrected chi connectivity index (χ3v) is 5.26. The third kappa shape index (κ3) is 6.04. The Labute approximate surface area is 171 Å². The summed E-state index contributed by atoms with van der Waals surface area (Å²) in [4.78, 5) is 28.3. The van der Waals surface area contributed by atoms with Gasteiger partial charge in [-0.05, 0) is 30.0 Å². The molecule has 3 rings (SSSR count). The summed E-state index contributed by atoms with van der Waals surface area (Å²) in [6.45, 7) is -0.271. The first kappa shape index (κ1) is 21.8. The van der Waals surface area contributed by atoms with Gasteiger partial charge in [0.1, 0.15) is 12.4 Å². The fraction of sp³-hybridized carbons (Fsp3) is 0.500. The second kappa shape index (κ2) is 9.73. The molecule has 1 atom stereocenters. The van der Waals surface area contributed by atoms with E-state index >= 15 is 0 Å². The maximum atomic E-state index is 13.1. The van der Waals surface area contributed by atoms with Crippen molar-refractivity contribution in [3.8, 4) is 0 Å². The average molecular weight is 423 g/mol. The van der Waals surface area contributed by atoms with E-state index in [0.29, 0.717) is 12.3 Å². The second-order valence-corrected chi connectivity index (χ2v) is 7.46. The number of amides is 2. The van der Waals surface area contributed by atoms with Crippen molar-refractivity contribution >= 4 is 11.8 Å². The zero-order valence-electron chi connectivity index (χ0n) is 16.3. The summed E-state index contributed by atoms with van der Waals surface area (Å²) < 4.78 is 39.2. The molecule has 0 bridgehead atoms. The Morgan fingerprint density at radius 3 is 2.63 bits per heavy atom. The van der Waals surface area contributed by atoms with Gasteiger partial charge < -0.3 is 10.6 Å². The molecule has 1 aromatic heterocycles. The van der Waals surface area contributed by atoms with Crippen LogP contribution in [0.2, 0.25) is 0 Å². The van der Waals surface area contributed by atoms with Crippen molar-refractivity contribution in [3.05, 3.63) is 47.5 Å². The van der Waals surface area contributed by atoms with E-state index in [-0.39, 0.29) is 23.8 Å². The minimum absolute atomic E-state index is 0.190. The van der Waals surface area contributed by atoms with Crippen molar-refractivity contribution in [1.82, 2.24) is 25.8 Å². The first-order valence-corrected chi connectivity index (χ1v) is 9.91. The van der Waals surface area contributed by atoms with Gasteiger partial charge in [0, 0.05) is 6.42 Å². The molecule has 10 heteroatoms. The maximum absolute atomic E-state index is 13.1. The van der Waals surface area contributed by atoms with E-state index in [0.717, 1.165) is 31.4 Å². The highest BCUT2D eigenvalue weighted by Crippen LogP contribution is 2.31. The normalized spacial score (nSPS) is 15.7. The minimum atomic E-state index is -4.51. The van der Waals surface area contributed by atoms with Gasteiger partial charge in [-0.3, -0.25) is 14.7 Å². The third-order valence-electron chi connectivity index (χ3n) is 5.26. The van der Waals surface area contributed by atoms with Crippen molar-refractivity contribution in [3.63, 3.8) is 0 Å². The number of H-pyrrole nitrogens is 1. The molecule has 0 radical (unpaired) electrons. The molecule has 1 aliphatic carbocycles. The Morgan fingerprint density at radius 1 is 1.20 bits per heavy atom. The highest BCUT2D eigenvalue weighted by molar-refractivity contribution is 5.85. The maximum Gasteiger partial charge on any atom is 0.416 e. The minimum Gasteiger partial charge on any atom is -0.347 e. The number of nitrogens with one attached hydrogen (secondary N) is 3. The molecule has 1 fully saturated rings. The molecule has 30 heavy (non-hydrogen) atoms. The molecule has 0 aliphatic heterocycles. The molecular formula is C20H24F3N5O2. The Morgan fingerprint density at radius 2 is 1.97 bits per heavy atom. The zero-order valence-corrected chi connectivity index (χ0v) is 16.3. The van der Waals surface area contributed by atoms with Gasteiger partial charge in [-0.2, -0.15) is 18.3 Å². The zero-order chi connectivity index (χ0) is 21.6. The van der Waals surface area contributed by atoms with E-state index in [1.807, 2.05) is 0 Å². The molecule has 3 N–H and O–H groups in total. The highest BCUT2D eigenvalue weighted by Gasteiger charge is 2.31. The number of hydrogen-bond donors (Lipinski definition) is 3. The number of hydrogen-bond acceptors (Lipinski definition) is 4. The van der Waals surface area contributed by atoms with Crippen molar-refractivity contribution < 1.29 is 22.8 Å². The lowest BCUT2D eigenvalue weighted by atomic mass is 10.0. The number of aromatic nitrogens is 3. The first-order chi connectivity index (χ1) is 14.3. The SMILES string of the molecule is O=C(CCC1CCCC1)NCC(=O)N[C@@H](c1cccc(C(F)(F)F)c1)c1ncn[nH]1. The smallest absolute Gasteiger partial charge is 0.347 e. The van der Waals surface area contributed by atoms with Crippen LogP contribution in [0.3, 0.4) is 0 Å². The molecule has 2 aromatic rings. The van der Waals surface area contributed by atoms with Gasteiger partial charge in [-0.15, -0.1) is 0 Å². The van der Waals surface area contributed by atoms with Crippen LogP contribution in [0.5, 0.6) is 0 Å². The summed E-state index contributed by atoms with van der Waals surface area (Å²) in [5.74, 6) is 0.00640. The van der Waals surface area contributed by atoms with Crippen LogP contribution in [-0.2, 0) is 15.8 Å². The number of rotatable bonds is 8. The summed E-state index contributed by atoms with van der Waals surface area (Å²) in [6, 6.07) is 3.67. The Hall–Kier alpha value is -2.91. The number of aromatic amines is 1. The largest absolute Gasteiger partial charge is 0.416 e. The number of carbonyl (C=O) groups excluding carboxylic acids is 2. The van der Waals surface area contributed by atoms with Crippen LogP contribution in [0, 0.1) is 5.92 Å². The lowest BCUT2D eigenvalue weighted by Crippen LogP contribution is -2.39. The van der Waals surface area contributed by atoms with Gasteiger partial charge in [0.15, 0.2) is 5.82 Å². The molecule has 2 amide bonds. The van der Waals surface area contributed by atoms with Crippen molar-refractivity contribution in [2.45, 2.75) is 50.7 Å². The summed E-state index contributed by atoms with van der Waals surface area (Å²) in [6.07, 6.45) is 2.54. The van der Waals surface area contributed by atoms with E-state index in [1.54, 1.807) is 0 Å². The molecule has 1 aromatic carbocycles. The summed E-state index contributed by atoms with van der Waals surface area (Å²) in [7, 11) is 0. The van der Waals surface area contributed by atoms with Gasteiger partial charge in [-0.25, -0.2) is 4.98 Å². The lowest BCUT2D eigenvalue weighted by Gasteiger charge is -2.18. The van der Waals surface area contributed by atoms with Crippen LogP contribution in [0.15, 0.2) is 30.6 Å². The highest BCUT2D eigenvalue weighted by atomic mass is 19.4. The van der Waals surface area contributed by atoms with Crippen LogP contribution in [-0.4, -0.2) is 33.5 Å². The molecular weight excluding hydrogens is 399 g/mol. The van der Waals surface area contributed by atoms with Gasteiger partial charge in [0.05, 0.1) is 12.1 Å². The van der Waals surface area contributed by atoms with Crippen LogP contribution < -0.4 is 10.6 Å². The van der Waals surface area contributed by atoms with Crippen molar-refractivity contribution in [2.24, 2.45) is 5.92 Å². The monoisotopic (exact) mass is 423 g/mol. The molecule has 162 valence electrons.